The SMILES string of the molecule is CN(CCC[C@H]1OC(=O)Nc2ccc(Cl)c(F)c21)C(=O)c1n[nH]c(Cc2ccc(F)cc2)n1. The standard InChI is InChI=1S/C22H20ClF2N5O3/c1-30(21(31)20-27-17(28-29-20)11-12-4-6-13(24)7-5-12)10-2-3-16-18-15(26-22(32)33-16)9-8-14(23)19(18)25/h4-9,16H,2-3,10-11H2,1H3,(H,26,32)(H,27,28,29)/t16-/m1/s1. The summed E-state index contributed by atoms with van der Waals surface area (Å²) in [7, 11) is 1.60. The number of ether oxygens (including phenoxy) is 1. The number of nitrogens with one attached hydrogen (secondary N) is 2. The third-order valence-corrected chi connectivity index (χ3v) is 5.55. The number of carbonyl (C=O) groups excluding carboxylic acids is 2. The molecule has 0 saturated heterocycles. The number of aromatic amines is 1. The molecule has 11 heteroatoms. The molecule has 1 atom stereocenters. The Bertz CT molecular complexity index is 1190. The van der Waals surface area contributed by atoms with E-state index in [4.69, 9.17) is 16.3 Å². The zero-order valence-corrected chi connectivity index (χ0v) is 18.3. The van der Waals surface area contributed by atoms with Crippen LogP contribution in [0.5, 0.6) is 0 Å². The number of amides is 2. The molecule has 2 aromatic carbocycles. The van der Waals surface area contributed by atoms with Gasteiger partial charge in [-0.15, -0.1) is 5.10 Å². The van der Waals surface area contributed by atoms with Crippen LogP contribution in [0.1, 0.15) is 46.5 Å². The first-order chi connectivity index (χ1) is 15.8. The van der Waals surface area contributed by atoms with Crippen LogP contribution in [0.4, 0.5) is 19.3 Å². The van der Waals surface area contributed by atoms with E-state index in [-0.39, 0.29) is 22.2 Å². The van der Waals surface area contributed by atoms with E-state index in [0.717, 1.165) is 5.56 Å². The summed E-state index contributed by atoms with van der Waals surface area (Å²) >= 11 is 5.87. The number of benzene rings is 2. The van der Waals surface area contributed by atoms with Crippen LogP contribution < -0.4 is 5.32 Å². The molecule has 1 aliphatic rings. The monoisotopic (exact) mass is 475 g/mol. The fourth-order valence-electron chi connectivity index (χ4n) is 3.57. The van der Waals surface area contributed by atoms with Gasteiger partial charge in [-0.25, -0.2) is 18.6 Å². The van der Waals surface area contributed by atoms with Gasteiger partial charge < -0.3 is 9.64 Å². The highest BCUT2D eigenvalue weighted by Crippen LogP contribution is 2.38. The first-order valence-corrected chi connectivity index (χ1v) is 10.6. The topological polar surface area (TPSA) is 100 Å². The van der Waals surface area contributed by atoms with Gasteiger partial charge in [0.2, 0.25) is 5.82 Å². The molecule has 4 rings (SSSR count). The molecule has 0 saturated carbocycles. The van der Waals surface area contributed by atoms with Crippen LogP contribution in [0.25, 0.3) is 0 Å². The number of hydrogen-bond acceptors (Lipinski definition) is 5. The predicted molar refractivity (Wildman–Crippen MR) is 116 cm³/mol. The van der Waals surface area contributed by atoms with E-state index in [9.17, 15) is 18.4 Å². The van der Waals surface area contributed by atoms with E-state index in [1.54, 1.807) is 19.2 Å². The molecule has 0 radical (unpaired) electrons. The molecule has 0 fully saturated rings. The largest absolute Gasteiger partial charge is 0.441 e. The Kier molecular flexibility index (Phi) is 6.55. The lowest BCUT2D eigenvalue weighted by atomic mass is 10.0. The minimum atomic E-state index is -0.818. The highest BCUT2D eigenvalue weighted by molar-refractivity contribution is 6.31. The maximum atomic E-state index is 14.5. The number of H-pyrrole nitrogens is 1. The molecular weight excluding hydrogens is 456 g/mol. The Balaban J connectivity index is 1.34. The number of fused-ring (bicyclic) bond motifs is 1. The normalized spacial score (nSPS) is 14.9. The number of cyclic esters (lactones) is 1. The third kappa shape index (κ3) is 5.11. The molecule has 0 unspecified atom stereocenters. The van der Waals surface area contributed by atoms with Crippen molar-refractivity contribution in [2.24, 2.45) is 0 Å². The first-order valence-electron chi connectivity index (χ1n) is 10.2. The predicted octanol–water partition coefficient (Wildman–Crippen LogP) is 4.48. The van der Waals surface area contributed by atoms with E-state index in [1.165, 1.54) is 29.2 Å². The molecule has 2 heterocycles. The Morgan fingerprint density at radius 2 is 1.97 bits per heavy atom. The van der Waals surface area contributed by atoms with Gasteiger partial charge in [0.1, 0.15) is 17.7 Å². The van der Waals surface area contributed by atoms with E-state index < -0.39 is 23.9 Å². The van der Waals surface area contributed by atoms with Gasteiger partial charge in [-0.05, 0) is 42.7 Å². The molecule has 8 nitrogen and oxygen atoms in total. The molecule has 0 spiro atoms. The van der Waals surface area contributed by atoms with Crippen LogP contribution >= 0.6 is 11.6 Å². The molecule has 1 aliphatic heterocycles. The Morgan fingerprint density at radius 1 is 1.21 bits per heavy atom. The lowest BCUT2D eigenvalue weighted by Gasteiger charge is -2.27. The summed E-state index contributed by atoms with van der Waals surface area (Å²) in [5, 5.41) is 9.08. The third-order valence-electron chi connectivity index (χ3n) is 5.26. The van der Waals surface area contributed by atoms with Crippen molar-refractivity contribution in [3.05, 3.63) is 75.8 Å². The first kappa shape index (κ1) is 22.7. The van der Waals surface area contributed by atoms with Gasteiger partial charge in [0, 0.05) is 20.0 Å². The lowest BCUT2D eigenvalue weighted by Crippen LogP contribution is -2.30. The fourth-order valence-corrected chi connectivity index (χ4v) is 3.74. The fraction of sp³-hybridized carbons (Fsp3) is 0.273. The highest BCUT2D eigenvalue weighted by atomic mass is 35.5. The molecule has 2 amide bonds. The number of hydrogen-bond donors (Lipinski definition) is 2. The van der Waals surface area contributed by atoms with E-state index >= 15 is 0 Å². The minimum Gasteiger partial charge on any atom is -0.441 e. The van der Waals surface area contributed by atoms with Crippen LogP contribution in [-0.2, 0) is 11.2 Å². The Morgan fingerprint density at radius 3 is 2.73 bits per heavy atom. The van der Waals surface area contributed by atoms with E-state index in [1.807, 2.05) is 0 Å². The molecule has 33 heavy (non-hydrogen) atoms. The maximum Gasteiger partial charge on any atom is 0.412 e. The number of nitrogens with zero attached hydrogens (tertiary/aromatic N) is 3. The summed E-state index contributed by atoms with van der Waals surface area (Å²) < 4.78 is 32.8. The van der Waals surface area contributed by atoms with Crippen molar-refractivity contribution < 1.29 is 23.1 Å². The zero-order valence-electron chi connectivity index (χ0n) is 17.6. The van der Waals surface area contributed by atoms with Crippen molar-refractivity contribution in [3.8, 4) is 0 Å². The van der Waals surface area contributed by atoms with Crippen molar-refractivity contribution in [2.45, 2.75) is 25.4 Å². The van der Waals surface area contributed by atoms with Crippen molar-refractivity contribution in [2.75, 3.05) is 18.9 Å². The summed E-state index contributed by atoms with van der Waals surface area (Å²) in [6.45, 7) is 0.305. The lowest BCUT2D eigenvalue weighted by molar-refractivity contribution is 0.0749. The number of aromatic nitrogens is 3. The second kappa shape index (κ2) is 9.53. The van der Waals surface area contributed by atoms with E-state index in [0.29, 0.717) is 37.3 Å². The second-order valence-corrected chi connectivity index (χ2v) is 8.03. The van der Waals surface area contributed by atoms with Gasteiger partial charge in [-0.1, -0.05) is 23.7 Å². The summed E-state index contributed by atoms with van der Waals surface area (Å²) in [6, 6.07) is 8.86. The molecular formula is C22H20ClF2N5O3. The molecule has 3 aromatic rings. The number of carbonyl (C=O) groups is 2. The minimum absolute atomic E-state index is 0.00563. The average molecular weight is 476 g/mol. The van der Waals surface area contributed by atoms with Crippen LogP contribution in [0.3, 0.4) is 0 Å². The van der Waals surface area contributed by atoms with Crippen molar-refractivity contribution in [1.82, 2.24) is 20.1 Å². The van der Waals surface area contributed by atoms with Gasteiger partial charge in [0.05, 0.1) is 16.3 Å². The summed E-state index contributed by atoms with van der Waals surface area (Å²) in [6.07, 6.45) is -0.397. The van der Waals surface area contributed by atoms with Crippen LogP contribution in [0.2, 0.25) is 5.02 Å². The van der Waals surface area contributed by atoms with Gasteiger partial charge in [0.15, 0.2) is 5.82 Å². The zero-order chi connectivity index (χ0) is 23.5. The van der Waals surface area contributed by atoms with Gasteiger partial charge in [-0.2, -0.15) is 0 Å². The van der Waals surface area contributed by atoms with Crippen molar-refractivity contribution in [3.63, 3.8) is 0 Å². The quantitative estimate of drug-likeness (QED) is 0.524. The van der Waals surface area contributed by atoms with Gasteiger partial charge >= 0.3 is 6.09 Å². The highest BCUT2D eigenvalue weighted by Gasteiger charge is 2.30. The maximum absolute atomic E-state index is 14.5. The van der Waals surface area contributed by atoms with Crippen LogP contribution in [-0.4, -0.2) is 45.7 Å². The van der Waals surface area contributed by atoms with Gasteiger partial charge in [0.25, 0.3) is 5.91 Å². The van der Waals surface area contributed by atoms with Crippen molar-refractivity contribution >= 4 is 29.3 Å². The van der Waals surface area contributed by atoms with Crippen molar-refractivity contribution in [1.29, 1.82) is 0 Å². The molecule has 172 valence electrons. The summed E-state index contributed by atoms with van der Waals surface area (Å²) in [5.41, 5.74) is 1.33. The number of anilines is 1. The number of rotatable bonds is 7. The summed E-state index contributed by atoms with van der Waals surface area (Å²) in [5.74, 6) is -0.885. The molecule has 0 bridgehead atoms. The Labute approximate surface area is 192 Å². The number of halogens is 3. The molecule has 0 aliphatic carbocycles. The summed E-state index contributed by atoms with van der Waals surface area (Å²) in [4.78, 5) is 30.1. The van der Waals surface area contributed by atoms with Crippen LogP contribution in [0.15, 0.2) is 36.4 Å². The molecule has 1 aromatic heterocycles. The van der Waals surface area contributed by atoms with Crippen LogP contribution in [0, 0.1) is 11.6 Å². The molecule has 2 N–H and O–H groups in total. The average Bonchev–Trinajstić information content (AvgIpc) is 3.25. The van der Waals surface area contributed by atoms with Gasteiger partial charge in [-0.3, -0.25) is 15.2 Å². The second-order valence-electron chi connectivity index (χ2n) is 7.62. The Hall–Kier alpha value is -3.53. The smallest absolute Gasteiger partial charge is 0.412 e. The van der Waals surface area contributed by atoms with E-state index in [2.05, 4.69) is 20.5 Å².